The van der Waals surface area contributed by atoms with Gasteiger partial charge in [0, 0.05) is 12.7 Å². The number of carbonyl (C=O) groups is 2. The van der Waals surface area contributed by atoms with Crippen LogP contribution in [0.25, 0.3) is 11.0 Å². The molecule has 162 valence electrons. The Labute approximate surface area is 184 Å². The normalized spacial score (nSPS) is 11.8. The molecule has 8 heteroatoms. The fourth-order valence-corrected chi connectivity index (χ4v) is 3.40. The number of fused-ring (bicyclic) bond motifs is 1. The van der Waals surface area contributed by atoms with Crippen LogP contribution in [-0.2, 0) is 17.9 Å². The molecule has 0 bridgehead atoms. The molecule has 0 radical (unpaired) electrons. The van der Waals surface area contributed by atoms with E-state index in [2.05, 4.69) is 20.6 Å². The molecule has 0 spiro atoms. The number of pyridine rings is 1. The van der Waals surface area contributed by atoms with Crippen LogP contribution in [0.3, 0.4) is 0 Å². The van der Waals surface area contributed by atoms with Crippen molar-refractivity contribution in [2.45, 2.75) is 26.1 Å². The van der Waals surface area contributed by atoms with Crippen LogP contribution in [0.5, 0.6) is 0 Å². The van der Waals surface area contributed by atoms with Gasteiger partial charge in [0.25, 0.3) is 11.5 Å². The van der Waals surface area contributed by atoms with E-state index >= 15 is 0 Å². The Kier molecular flexibility index (Phi) is 6.12. The number of hydrogen-bond donors (Lipinski definition) is 3. The molecule has 2 aromatic carbocycles. The van der Waals surface area contributed by atoms with Crippen LogP contribution in [0.1, 0.15) is 34.7 Å². The number of carbonyl (C=O) groups excluding carboxylic acids is 2. The highest BCUT2D eigenvalue weighted by atomic mass is 16.2. The van der Waals surface area contributed by atoms with Crippen LogP contribution in [0.15, 0.2) is 77.7 Å². The van der Waals surface area contributed by atoms with E-state index in [-0.39, 0.29) is 24.1 Å². The van der Waals surface area contributed by atoms with Gasteiger partial charge in [-0.2, -0.15) is 0 Å². The first kappa shape index (κ1) is 21.0. The topological polar surface area (TPSA) is 109 Å². The van der Waals surface area contributed by atoms with Gasteiger partial charge in [-0.15, -0.1) is 0 Å². The molecule has 8 nitrogen and oxygen atoms in total. The van der Waals surface area contributed by atoms with Gasteiger partial charge in [-0.05, 0) is 36.8 Å². The molecule has 2 heterocycles. The molecular formula is C24H23N5O3. The maximum absolute atomic E-state index is 12.7. The lowest BCUT2D eigenvalue weighted by molar-refractivity contribution is -0.122. The van der Waals surface area contributed by atoms with Crippen molar-refractivity contribution in [1.82, 2.24) is 25.2 Å². The minimum atomic E-state index is -0.524. The summed E-state index contributed by atoms with van der Waals surface area (Å²) in [5.74, 6) is -0.216. The zero-order valence-corrected chi connectivity index (χ0v) is 17.5. The first-order chi connectivity index (χ1) is 15.5. The molecular weight excluding hydrogens is 406 g/mol. The lowest BCUT2D eigenvalue weighted by Crippen LogP contribution is -2.37. The molecule has 0 aliphatic carbocycles. The molecule has 1 atom stereocenters. The molecule has 1 unspecified atom stereocenters. The van der Waals surface area contributed by atoms with E-state index < -0.39 is 11.5 Å². The number of amides is 2. The van der Waals surface area contributed by atoms with Gasteiger partial charge < -0.3 is 20.2 Å². The zero-order valence-electron chi connectivity index (χ0n) is 17.5. The van der Waals surface area contributed by atoms with Gasteiger partial charge in [-0.1, -0.05) is 42.5 Å². The van der Waals surface area contributed by atoms with E-state index in [1.807, 2.05) is 61.5 Å². The maximum Gasteiger partial charge on any atom is 0.263 e. The van der Waals surface area contributed by atoms with Crippen molar-refractivity contribution in [2.24, 2.45) is 0 Å². The summed E-state index contributed by atoms with van der Waals surface area (Å²) in [4.78, 5) is 45.4. The van der Waals surface area contributed by atoms with Gasteiger partial charge >= 0.3 is 0 Å². The average Bonchev–Trinajstić information content (AvgIpc) is 3.24. The summed E-state index contributed by atoms with van der Waals surface area (Å²) in [6, 6.07) is 19.7. The van der Waals surface area contributed by atoms with Gasteiger partial charge in [0.15, 0.2) is 0 Å². The Morgan fingerprint density at radius 1 is 1.03 bits per heavy atom. The van der Waals surface area contributed by atoms with Crippen molar-refractivity contribution in [1.29, 1.82) is 0 Å². The zero-order chi connectivity index (χ0) is 22.5. The highest BCUT2D eigenvalue weighted by Gasteiger charge is 2.16. The van der Waals surface area contributed by atoms with E-state index in [9.17, 15) is 14.4 Å². The highest BCUT2D eigenvalue weighted by Crippen LogP contribution is 2.15. The Hall–Kier alpha value is -4.20. The predicted octanol–water partition coefficient (Wildman–Crippen LogP) is 2.53. The number of rotatable bonds is 7. The summed E-state index contributed by atoms with van der Waals surface area (Å²) < 4.78 is 1.22. The summed E-state index contributed by atoms with van der Waals surface area (Å²) in [6.07, 6.45) is 1.49. The van der Waals surface area contributed by atoms with Crippen LogP contribution in [0.2, 0.25) is 0 Å². The fourth-order valence-electron chi connectivity index (χ4n) is 3.40. The molecule has 4 rings (SSSR count). The number of para-hydroxylation sites is 2. The smallest absolute Gasteiger partial charge is 0.263 e. The Balaban J connectivity index is 1.40. The van der Waals surface area contributed by atoms with Gasteiger partial charge in [0.1, 0.15) is 17.9 Å². The molecule has 0 saturated carbocycles. The minimum absolute atomic E-state index is 0.0124. The van der Waals surface area contributed by atoms with Crippen molar-refractivity contribution >= 4 is 22.8 Å². The summed E-state index contributed by atoms with van der Waals surface area (Å²) in [6.45, 7) is 1.92. The largest absolute Gasteiger partial charge is 0.348 e. The van der Waals surface area contributed by atoms with Crippen LogP contribution < -0.4 is 16.2 Å². The Bertz CT molecular complexity index is 1280. The van der Waals surface area contributed by atoms with Gasteiger partial charge in [0.05, 0.1) is 17.1 Å². The van der Waals surface area contributed by atoms with Crippen LogP contribution in [0, 0.1) is 0 Å². The standard InChI is InChI=1S/C24H23N5O3/c1-16(22-27-19-11-5-6-12-20(19)28-22)26-21(30)15-29-13-7-10-18(24(29)32)23(31)25-14-17-8-3-2-4-9-17/h2-13,16H,14-15H2,1H3,(H,25,31)(H,26,30)(H,27,28). The quantitative estimate of drug-likeness (QED) is 0.419. The summed E-state index contributed by atoms with van der Waals surface area (Å²) >= 11 is 0. The number of nitrogens with one attached hydrogen (secondary N) is 3. The monoisotopic (exact) mass is 429 g/mol. The van der Waals surface area contributed by atoms with E-state index in [0.717, 1.165) is 16.6 Å². The van der Waals surface area contributed by atoms with Crippen molar-refractivity contribution < 1.29 is 9.59 Å². The number of aromatic nitrogens is 3. The number of benzene rings is 2. The molecule has 0 aliphatic rings. The van der Waals surface area contributed by atoms with E-state index in [4.69, 9.17) is 0 Å². The molecule has 0 aliphatic heterocycles. The highest BCUT2D eigenvalue weighted by molar-refractivity contribution is 5.93. The first-order valence-corrected chi connectivity index (χ1v) is 10.3. The summed E-state index contributed by atoms with van der Waals surface area (Å²) in [5, 5.41) is 5.57. The summed E-state index contributed by atoms with van der Waals surface area (Å²) in [5.41, 5.74) is 2.09. The number of nitrogens with zero attached hydrogens (tertiary/aromatic N) is 2. The Morgan fingerprint density at radius 3 is 2.56 bits per heavy atom. The molecule has 3 N–H and O–H groups in total. The van der Waals surface area contributed by atoms with Crippen LogP contribution in [-0.4, -0.2) is 26.3 Å². The molecule has 4 aromatic rings. The average molecular weight is 429 g/mol. The first-order valence-electron chi connectivity index (χ1n) is 10.3. The summed E-state index contributed by atoms with van der Waals surface area (Å²) in [7, 11) is 0. The number of hydrogen-bond acceptors (Lipinski definition) is 4. The SMILES string of the molecule is CC(NC(=O)Cn1cccc(C(=O)NCc2ccccc2)c1=O)c1nc2ccccc2[nH]1. The molecule has 32 heavy (non-hydrogen) atoms. The number of aromatic amines is 1. The minimum Gasteiger partial charge on any atom is -0.348 e. The van der Waals surface area contributed by atoms with Gasteiger partial charge in [-0.3, -0.25) is 14.4 Å². The second-order valence-electron chi connectivity index (χ2n) is 7.45. The second-order valence-corrected chi connectivity index (χ2v) is 7.45. The molecule has 0 fully saturated rings. The lowest BCUT2D eigenvalue weighted by atomic mass is 10.2. The van der Waals surface area contributed by atoms with E-state index in [0.29, 0.717) is 12.4 Å². The molecule has 2 aromatic heterocycles. The third-order valence-corrected chi connectivity index (χ3v) is 5.07. The van der Waals surface area contributed by atoms with Gasteiger partial charge in [-0.25, -0.2) is 4.98 Å². The van der Waals surface area contributed by atoms with Crippen molar-refractivity contribution in [3.63, 3.8) is 0 Å². The third kappa shape index (κ3) is 4.75. The second kappa shape index (κ2) is 9.30. The molecule has 0 saturated heterocycles. The number of imidazole rings is 1. The predicted molar refractivity (Wildman–Crippen MR) is 121 cm³/mol. The van der Waals surface area contributed by atoms with E-state index in [1.165, 1.54) is 16.8 Å². The van der Waals surface area contributed by atoms with Gasteiger partial charge in [0.2, 0.25) is 5.91 Å². The van der Waals surface area contributed by atoms with Crippen LogP contribution >= 0.6 is 0 Å². The molecule has 2 amide bonds. The van der Waals surface area contributed by atoms with E-state index in [1.54, 1.807) is 6.07 Å². The Morgan fingerprint density at radius 2 is 1.78 bits per heavy atom. The fraction of sp³-hybridized carbons (Fsp3) is 0.167. The van der Waals surface area contributed by atoms with Crippen LogP contribution in [0.4, 0.5) is 0 Å². The number of H-pyrrole nitrogens is 1. The van der Waals surface area contributed by atoms with Crippen molar-refractivity contribution in [2.75, 3.05) is 0 Å². The third-order valence-electron chi connectivity index (χ3n) is 5.07. The van der Waals surface area contributed by atoms with Crippen molar-refractivity contribution in [3.05, 3.63) is 100 Å². The lowest BCUT2D eigenvalue weighted by Gasteiger charge is -2.13. The maximum atomic E-state index is 12.7. The van der Waals surface area contributed by atoms with Crippen molar-refractivity contribution in [3.8, 4) is 0 Å².